The highest BCUT2D eigenvalue weighted by molar-refractivity contribution is 7.98. The number of thioether (sulfide) groups is 1. The Hall–Kier alpha value is -2.17. The van der Waals surface area contributed by atoms with Crippen molar-refractivity contribution in [3.8, 4) is 6.07 Å². The molecule has 0 saturated heterocycles. The van der Waals surface area contributed by atoms with Gasteiger partial charge in [0.05, 0.1) is 11.6 Å². The van der Waals surface area contributed by atoms with E-state index in [4.69, 9.17) is 5.26 Å². The Labute approximate surface area is 141 Å². The zero-order valence-corrected chi connectivity index (χ0v) is 14.0. The van der Waals surface area contributed by atoms with Crippen LogP contribution < -0.4 is 0 Å². The molecule has 0 unspecified atom stereocenters. The molecule has 0 N–H and O–H groups in total. The molecular weight excluding hydrogens is 331 g/mol. The summed E-state index contributed by atoms with van der Waals surface area (Å²) in [5.41, 5.74) is 0.880. The van der Waals surface area contributed by atoms with Crippen molar-refractivity contribution >= 4 is 23.1 Å². The summed E-state index contributed by atoms with van der Waals surface area (Å²) in [6.45, 7) is 0. The summed E-state index contributed by atoms with van der Waals surface area (Å²) >= 11 is 3.12. The molecule has 0 atom stereocenters. The summed E-state index contributed by atoms with van der Waals surface area (Å²) in [7, 11) is 1.92. The molecule has 0 aliphatic rings. The zero-order valence-electron chi connectivity index (χ0n) is 12.4. The first-order valence-electron chi connectivity index (χ1n) is 6.89. The topological polar surface area (TPSA) is 54.5 Å². The minimum atomic E-state index is -0.363. The molecule has 1 aromatic carbocycles. The lowest BCUT2D eigenvalue weighted by Gasteiger charge is -2.04. The SMILES string of the molecule is Cn1c(Cc2cccs2)nnc1SCc1ccc(C#N)cc1F. The average Bonchev–Trinajstić information content (AvgIpc) is 3.18. The van der Waals surface area contributed by atoms with Crippen LogP contribution in [0.4, 0.5) is 4.39 Å². The zero-order chi connectivity index (χ0) is 16.2. The van der Waals surface area contributed by atoms with Gasteiger partial charge < -0.3 is 4.57 Å². The molecule has 2 aromatic heterocycles. The lowest BCUT2D eigenvalue weighted by atomic mass is 10.1. The van der Waals surface area contributed by atoms with Crippen LogP contribution in [-0.4, -0.2) is 14.8 Å². The number of rotatable bonds is 5. The van der Waals surface area contributed by atoms with Crippen LogP contribution in [0, 0.1) is 17.1 Å². The number of hydrogen-bond donors (Lipinski definition) is 0. The van der Waals surface area contributed by atoms with Crippen LogP contribution in [-0.2, 0) is 19.2 Å². The second kappa shape index (κ2) is 6.94. The van der Waals surface area contributed by atoms with Gasteiger partial charge in [-0.05, 0) is 29.1 Å². The fraction of sp³-hybridized carbons (Fsp3) is 0.188. The first-order chi connectivity index (χ1) is 11.2. The van der Waals surface area contributed by atoms with Crippen LogP contribution >= 0.6 is 23.1 Å². The van der Waals surface area contributed by atoms with Crippen molar-refractivity contribution in [2.24, 2.45) is 7.05 Å². The highest BCUT2D eigenvalue weighted by atomic mass is 32.2. The van der Waals surface area contributed by atoms with E-state index in [2.05, 4.69) is 16.3 Å². The third-order valence-electron chi connectivity index (χ3n) is 3.38. The van der Waals surface area contributed by atoms with E-state index < -0.39 is 0 Å². The number of benzene rings is 1. The molecule has 3 aromatic rings. The molecule has 0 saturated carbocycles. The third kappa shape index (κ3) is 3.60. The maximum atomic E-state index is 13.9. The Bertz CT molecular complexity index is 850. The van der Waals surface area contributed by atoms with Gasteiger partial charge in [-0.15, -0.1) is 21.5 Å². The van der Waals surface area contributed by atoms with Crippen molar-refractivity contribution in [1.29, 1.82) is 5.26 Å². The van der Waals surface area contributed by atoms with Crippen molar-refractivity contribution in [3.63, 3.8) is 0 Å². The molecule has 7 heteroatoms. The highest BCUT2D eigenvalue weighted by Gasteiger charge is 2.12. The predicted molar refractivity (Wildman–Crippen MR) is 88.8 cm³/mol. The third-order valence-corrected chi connectivity index (χ3v) is 5.32. The molecule has 0 fully saturated rings. The summed E-state index contributed by atoms with van der Waals surface area (Å²) in [6, 6.07) is 10.5. The Kier molecular flexibility index (Phi) is 4.74. The highest BCUT2D eigenvalue weighted by Crippen LogP contribution is 2.24. The van der Waals surface area contributed by atoms with Crippen LogP contribution in [0.3, 0.4) is 0 Å². The molecule has 0 spiro atoms. The second-order valence-corrected chi connectivity index (χ2v) is 6.90. The quantitative estimate of drug-likeness (QED) is 0.661. The van der Waals surface area contributed by atoms with Crippen LogP contribution in [0.2, 0.25) is 0 Å². The summed E-state index contributed by atoms with van der Waals surface area (Å²) in [5, 5.41) is 19.9. The van der Waals surface area contributed by atoms with E-state index in [0.717, 1.165) is 17.4 Å². The predicted octanol–water partition coefficient (Wildman–Crippen LogP) is 3.77. The van der Waals surface area contributed by atoms with Crippen molar-refractivity contribution in [2.75, 3.05) is 0 Å². The Balaban J connectivity index is 1.69. The van der Waals surface area contributed by atoms with E-state index in [-0.39, 0.29) is 5.82 Å². The number of nitrogens with zero attached hydrogens (tertiary/aromatic N) is 4. The summed E-state index contributed by atoms with van der Waals surface area (Å²) in [4.78, 5) is 1.23. The maximum Gasteiger partial charge on any atom is 0.191 e. The van der Waals surface area contributed by atoms with E-state index in [0.29, 0.717) is 16.9 Å². The first kappa shape index (κ1) is 15.7. The number of aromatic nitrogens is 3. The van der Waals surface area contributed by atoms with E-state index in [1.54, 1.807) is 23.5 Å². The minimum Gasteiger partial charge on any atom is -0.309 e. The van der Waals surface area contributed by atoms with Gasteiger partial charge >= 0.3 is 0 Å². The fourth-order valence-corrected chi connectivity index (χ4v) is 3.69. The van der Waals surface area contributed by atoms with Crippen LogP contribution in [0.15, 0.2) is 40.9 Å². The molecule has 4 nitrogen and oxygen atoms in total. The number of hydrogen-bond acceptors (Lipinski definition) is 5. The smallest absolute Gasteiger partial charge is 0.191 e. The molecule has 0 aliphatic carbocycles. The van der Waals surface area contributed by atoms with E-state index in [1.807, 2.05) is 29.1 Å². The van der Waals surface area contributed by atoms with Crippen molar-refractivity contribution in [2.45, 2.75) is 17.3 Å². The molecule has 3 rings (SSSR count). The molecule has 116 valence electrons. The number of halogens is 1. The monoisotopic (exact) mass is 344 g/mol. The minimum absolute atomic E-state index is 0.327. The van der Waals surface area contributed by atoms with Crippen molar-refractivity contribution in [1.82, 2.24) is 14.8 Å². The molecule has 0 radical (unpaired) electrons. The molecule has 0 bridgehead atoms. The summed E-state index contributed by atoms with van der Waals surface area (Å²) < 4.78 is 15.8. The second-order valence-electron chi connectivity index (χ2n) is 4.92. The van der Waals surface area contributed by atoms with Gasteiger partial charge in [0.1, 0.15) is 11.6 Å². The van der Waals surface area contributed by atoms with Gasteiger partial charge in [0.25, 0.3) is 0 Å². The summed E-state index contributed by atoms with van der Waals surface area (Å²) in [6.07, 6.45) is 0.743. The molecule has 0 amide bonds. The van der Waals surface area contributed by atoms with Crippen LogP contribution in [0.1, 0.15) is 21.8 Å². The Morgan fingerprint density at radius 2 is 2.22 bits per heavy atom. The van der Waals surface area contributed by atoms with E-state index in [9.17, 15) is 4.39 Å². The first-order valence-corrected chi connectivity index (χ1v) is 8.76. The standard InChI is InChI=1S/C16H13FN4S2/c1-21-15(8-13-3-2-6-22-13)19-20-16(21)23-10-12-5-4-11(9-18)7-14(12)17/h2-7H,8,10H2,1H3. The van der Waals surface area contributed by atoms with Crippen molar-refractivity contribution < 1.29 is 4.39 Å². The van der Waals surface area contributed by atoms with Gasteiger partial charge in [0, 0.05) is 24.1 Å². The van der Waals surface area contributed by atoms with Gasteiger partial charge in [-0.3, -0.25) is 0 Å². The molecule has 2 heterocycles. The normalized spacial score (nSPS) is 10.7. The van der Waals surface area contributed by atoms with Crippen molar-refractivity contribution in [3.05, 3.63) is 63.4 Å². The largest absolute Gasteiger partial charge is 0.309 e. The Morgan fingerprint density at radius 1 is 1.35 bits per heavy atom. The number of nitriles is 1. The van der Waals surface area contributed by atoms with Gasteiger partial charge in [0.2, 0.25) is 0 Å². The number of thiophene rings is 1. The summed E-state index contributed by atoms with van der Waals surface area (Å²) in [5.74, 6) is 0.968. The molecular formula is C16H13FN4S2. The van der Waals surface area contributed by atoms with Gasteiger partial charge in [-0.1, -0.05) is 23.9 Å². The van der Waals surface area contributed by atoms with Gasteiger partial charge in [-0.2, -0.15) is 5.26 Å². The van der Waals surface area contributed by atoms with E-state index >= 15 is 0 Å². The van der Waals surface area contributed by atoms with E-state index in [1.165, 1.54) is 22.7 Å². The lowest BCUT2D eigenvalue weighted by molar-refractivity contribution is 0.616. The average molecular weight is 344 g/mol. The van der Waals surface area contributed by atoms with Crippen LogP contribution in [0.25, 0.3) is 0 Å². The van der Waals surface area contributed by atoms with Crippen LogP contribution in [0.5, 0.6) is 0 Å². The maximum absolute atomic E-state index is 13.9. The van der Waals surface area contributed by atoms with Gasteiger partial charge in [0.15, 0.2) is 5.16 Å². The Morgan fingerprint density at radius 3 is 2.91 bits per heavy atom. The lowest BCUT2D eigenvalue weighted by Crippen LogP contribution is -1.99. The molecule has 23 heavy (non-hydrogen) atoms. The fourth-order valence-electron chi connectivity index (χ4n) is 2.07. The molecule has 0 aliphatic heterocycles. The van der Waals surface area contributed by atoms with Gasteiger partial charge in [-0.25, -0.2) is 4.39 Å².